The van der Waals surface area contributed by atoms with Gasteiger partial charge in [0.1, 0.15) is 0 Å². The molecule has 1 aliphatic heterocycles. The Bertz CT molecular complexity index is 325. The van der Waals surface area contributed by atoms with Crippen molar-refractivity contribution in [3.8, 4) is 0 Å². The van der Waals surface area contributed by atoms with Crippen LogP contribution in [0.25, 0.3) is 0 Å². The quantitative estimate of drug-likeness (QED) is 0.921. The highest BCUT2D eigenvalue weighted by molar-refractivity contribution is 9.10. The summed E-state index contributed by atoms with van der Waals surface area (Å²) in [7, 11) is 0. The summed E-state index contributed by atoms with van der Waals surface area (Å²) in [5, 5.41) is 9.57. The van der Waals surface area contributed by atoms with Gasteiger partial charge in [-0.25, -0.2) is 0 Å². The van der Waals surface area contributed by atoms with Crippen LogP contribution in [0.1, 0.15) is 18.4 Å². The molecule has 1 aliphatic rings. The summed E-state index contributed by atoms with van der Waals surface area (Å²) in [4.78, 5) is 2.36. The van der Waals surface area contributed by atoms with Crippen molar-refractivity contribution < 1.29 is 5.11 Å². The second-order valence-electron chi connectivity index (χ2n) is 4.47. The van der Waals surface area contributed by atoms with Gasteiger partial charge in [-0.2, -0.15) is 0 Å². The van der Waals surface area contributed by atoms with E-state index in [1.54, 1.807) is 0 Å². The number of nitrogens with zero attached hydrogens (tertiary/aromatic N) is 1. The van der Waals surface area contributed by atoms with Crippen LogP contribution in [0.2, 0.25) is 0 Å². The maximum Gasteiger partial charge on any atom is 0.0667 e. The van der Waals surface area contributed by atoms with E-state index < -0.39 is 0 Å². The lowest BCUT2D eigenvalue weighted by Gasteiger charge is -2.29. The number of aliphatic hydroxyl groups is 1. The lowest BCUT2D eigenvalue weighted by molar-refractivity contribution is 0.0714. The van der Waals surface area contributed by atoms with Gasteiger partial charge >= 0.3 is 0 Å². The first-order valence-electron chi connectivity index (χ1n) is 5.89. The van der Waals surface area contributed by atoms with Gasteiger partial charge in [0.05, 0.1) is 6.10 Å². The summed E-state index contributed by atoms with van der Waals surface area (Å²) < 4.78 is 1.13. The molecule has 0 amide bonds. The highest BCUT2D eigenvalue weighted by Crippen LogP contribution is 2.13. The van der Waals surface area contributed by atoms with Gasteiger partial charge in [0.15, 0.2) is 0 Å². The molecule has 0 aliphatic carbocycles. The van der Waals surface area contributed by atoms with Gasteiger partial charge in [-0.3, -0.25) is 0 Å². The first kappa shape index (κ1) is 12.1. The Balaban J connectivity index is 1.80. The van der Waals surface area contributed by atoms with Crippen molar-refractivity contribution in [3.63, 3.8) is 0 Å². The third-order valence-electron chi connectivity index (χ3n) is 3.11. The molecular weight excluding hydrogens is 266 g/mol. The zero-order valence-corrected chi connectivity index (χ0v) is 11.0. The molecule has 0 spiro atoms. The van der Waals surface area contributed by atoms with Gasteiger partial charge < -0.3 is 10.0 Å². The highest BCUT2D eigenvalue weighted by atomic mass is 79.9. The van der Waals surface area contributed by atoms with Gasteiger partial charge in [0, 0.05) is 17.6 Å². The van der Waals surface area contributed by atoms with E-state index in [-0.39, 0.29) is 6.10 Å². The Hall–Kier alpha value is -0.380. The molecule has 1 saturated heterocycles. The molecule has 3 heteroatoms. The molecule has 1 N–H and O–H groups in total. The van der Waals surface area contributed by atoms with Crippen LogP contribution < -0.4 is 0 Å². The van der Waals surface area contributed by atoms with Crippen LogP contribution in [0.5, 0.6) is 0 Å². The van der Waals surface area contributed by atoms with E-state index >= 15 is 0 Å². The Morgan fingerprint density at radius 2 is 2.06 bits per heavy atom. The fourth-order valence-corrected chi connectivity index (χ4v) is 2.44. The van der Waals surface area contributed by atoms with Crippen LogP contribution in [-0.4, -0.2) is 35.7 Å². The Kier molecular flexibility index (Phi) is 4.38. The minimum Gasteiger partial charge on any atom is -0.392 e. The topological polar surface area (TPSA) is 23.5 Å². The van der Waals surface area contributed by atoms with Crippen LogP contribution in [0.4, 0.5) is 0 Å². The van der Waals surface area contributed by atoms with Gasteiger partial charge in [-0.05, 0) is 43.5 Å². The summed E-state index contributed by atoms with van der Waals surface area (Å²) in [6.45, 7) is 3.03. The molecule has 2 nitrogen and oxygen atoms in total. The fourth-order valence-electron chi connectivity index (χ4n) is 2.17. The Morgan fingerprint density at radius 3 is 2.75 bits per heavy atom. The molecule has 0 unspecified atom stereocenters. The van der Waals surface area contributed by atoms with Crippen molar-refractivity contribution in [2.24, 2.45) is 0 Å². The van der Waals surface area contributed by atoms with Crippen LogP contribution in [-0.2, 0) is 6.42 Å². The molecule has 0 radical (unpaired) electrons. The summed E-state index contributed by atoms with van der Waals surface area (Å²) >= 11 is 3.44. The highest BCUT2D eigenvalue weighted by Gasteiger charge is 2.16. The van der Waals surface area contributed by atoms with Crippen molar-refractivity contribution in [1.82, 2.24) is 4.90 Å². The van der Waals surface area contributed by atoms with Crippen molar-refractivity contribution in [3.05, 3.63) is 34.3 Å². The largest absolute Gasteiger partial charge is 0.392 e. The van der Waals surface area contributed by atoms with Crippen molar-refractivity contribution >= 4 is 15.9 Å². The molecule has 2 rings (SSSR count). The van der Waals surface area contributed by atoms with E-state index in [9.17, 15) is 5.11 Å². The molecule has 16 heavy (non-hydrogen) atoms. The fraction of sp³-hybridized carbons (Fsp3) is 0.538. The van der Waals surface area contributed by atoms with Gasteiger partial charge in [0.2, 0.25) is 0 Å². The summed E-state index contributed by atoms with van der Waals surface area (Å²) in [6, 6.07) is 8.48. The van der Waals surface area contributed by atoms with E-state index in [0.29, 0.717) is 0 Å². The number of piperidine rings is 1. The molecule has 0 saturated carbocycles. The minimum absolute atomic E-state index is 0.112. The average Bonchev–Trinajstić information content (AvgIpc) is 2.28. The molecule has 0 aromatic heterocycles. The number of likely N-dealkylation sites (tertiary alicyclic amines) is 1. The number of hydrogen-bond donors (Lipinski definition) is 1. The number of halogens is 1. The smallest absolute Gasteiger partial charge is 0.0667 e. The molecule has 0 bridgehead atoms. The van der Waals surface area contributed by atoms with Crippen LogP contribution in [0, 0.1) is 0 Å². The number of aliphatic hydroxyl groups excluding tert-OH is 1. The summed E-state index contributed by atoms with van der Waals surface area (Å²) in [5.41, 5.74) is 1.36. The van der Waals surface area contributed by atoms with Gasteiger partial charge in [-0.15, -0.1) is 0 Å². The second-order valence-corrected chi connectivity index (χ2v) is 5.39. The molecule has 1 fully saturated rings. The average molecular weight is 284 g/mol. The van der Waals surface area contributed by atoms with Crippen LogP contribution in [0.15, 0.2) is 28.7 Å². The molecule has 1 aromatic rings. The molecule has 1 heterocycles. The second kappa shape index (κ2) is 5.80. The van der Waals surface area contributed by atoms with E-state index in [4.69, 9.17) is 0 Å². The third-order valence-corrected chi connectivity index (χ3v) is 3.64. The van der Waals surface area contributed by atoms with E-state index in [2.05, 4.69) is 45.1 Å². The van der Waals surface area contributed by atoms with Crippen molar-refractivity contribution in [2.45, 2.75) is 25.4 Å². The van der Waals surface area contributed by atoms with Gasteiger partial charge in [-0.1, -0.05) is 28.1 Å². The monoisotopic (exact) mass is 283 g/mol. The normalized spacial score (nSPS) is 22.2. The zero-order chi connectivity index (χ0) is 11.4. The Morgan fingerprint density at radius 1 is 1.31 bits per heavy atom. The zero-order valence-electron chi connectivity index (χ0n) is 9.40. The third kappa shape index (κ3) is 3.58. The number of benzene rings is 1. The Labute approximate surface area is 105 Å². The SMILES string of the molecule is O[C@H]1CCCN(CCc2ccc(Br)cc2)C1. The molecule has 88 valence electrons. The first-order valence-corrected chi connectivity index (χ1v) is 6.68. The lowest BCUT2D eigenvalue weighted by atomic mass is 10.1. The predicted molar refractivity (Wildman–Crippen MR) is 69.5 cm³/mol. The van der Waals surface area contributed by atoms with Crippen LogP contribution >= 0.6 is 15.9 Å². The standard InChI is InChI=1S/C13H18BrNO/c14-12-5-3-11(4-6-12)7-9-15-8-1-2-13(16)10-15/h3-6,13,16H,1-2,7-10H2/t13-/m0/s1. The van der Waals surface area contributed by atoms with Gasteiger partial charge in [0.25, 0.3) is 0 Å². The van der Waals surface area contributed by atoms with Crippen LogP contribution in [0.3, 0.4) is 0 Å². The molecule has 1 atom stereocenters. The predicted octanol–water partition coefficient (Wildman–Crippen LogP) is 2.45. The van der Waals surface area contributed by atoms with Crippen molar-refractivity contribution in [2.75, 3.05) is 19.6 Å². The minimum atomic E-state index is -0.112. The number of β-amino-alcohol motifs (C(OH)–C–C–N with tert-alkyl or cyclic N) is 1. The first-order chi connectivity index (χ1) is 7.74. The van der Waals surface area contributed by atoms with E-state index in [0.717, 1.165) is 43.4 Å². The van der Waals surface area contributed by atoms with E-state index in [1.807, 2.05) is 0 Å². The van der Waals surface area contributed by atoms with Crippen molar-refractivity contribution in [1.29, 1.82) is 0 Å². The number of rotatable bonds is 3. The summed E-state index contributed by atoms with van der Waals surface area (Å²) in [6.07, 6.45) is 3.05. The van der Waals surface area contributed by atoms with E-state index in [1.165, 1.54) is 5.56 Å². The lowest BCUT2D eigenvalue weighted by Crippen LogP contribution is -2.39. The molecular formula is C13H18BrNO. The molecule has 1 aromatic carbocycles. The maximum absolute atomic E-state index is 9.57. The maximum atomic E-state index is 9.57. The number of hydrogen-bond acceptors (Lipinski definition) is 2. The summed E-state index contributed by atoms with van der Waals surface area (Å²) in [5.74, 6) is 0.